The summed E-state index contributed by atoms with van der Waals surface area (Å²) in [7, 11) is -2.16. The van der Waals surface area contributed by atoms with Gasteiger partial charge in [-0.05, 0) is 36.4 Å². The maximum atomic E-state index is 13.0. The number of sulfonamides is 1. The van der Waals surface area contributed by atoms with Gasteiger partial charge in [0.1, 0.15) is 19.0 Å². The highest BCUT2D eigenvalue weighted by Gasteiger charge is 2.30. The van der Waals surface area contributed by atoms with Crippen molar-refractivity contribution in [2.45, 2.75) is 4.90 Å². The molecule has 10 heteroatoms. The van der Waals surface area contributed by atoms with Gasteiger partial charge in [0, 0.05) is 48.9 Å². The summed E-state index contributed by atoms with van der Waals surface area (Å²) in [5.74, 6) is 1.36. The van der Waals surface area contributed by atoms with E-state index in [2.05, 4.69) is 0 Å². The molecule has 2 aromatic carbocycles. The fourth-order valence-electron chi connectivity index (χ4n) is 3.58. The van der Waals surface area contributed by atoms with Gasteiger partial charge < -0.3 is 19.1 Å². The standard InChI is InChI=1S/C22H23ClN2O6S/c1-29-19-5-3-17(23)14-16(19)2-7-22(26)24-8-10-25(11-9-24)32(27,28)18-4-6-20-21(15-18)31-13-12-30-20/h2-7,14-15H,8-13H2,1H3. The average molecular weight is 479 g/mol. The number of hydrogen-bond acceptors (Lipinski definition) is 6. The smallest absolute Gasteiger partial charge is 0.246 e. The molecule has 2 aliphatic heterocycles. The van der Waals surface area contributed by atoms with Crippen LogP contribution in [0.4, 0.5) is 0 Å². The number of nitrogens with zero attached hydrogens (tertiary/aromatic N) is 2. The number of fused-ring (bicyclic) bond motifs is 1. The molecular weight excluding hydrogens is 456 g/mol. The van der Waals surface area contributed by atoms with E-state index in [1.807, 2.05) is 0 Å². The molecule has 170 valence electrons. The van der Waals surface area contributed by atoms with Crippen LogP contribution in [0.5, 0.6) is 17.2 Å². The molecule has 0 unspecified atom stereocenters. The van der Waals surface area contributed by atoms with Crippen molar-refractivity contribution < 1.29 is 27.4 Å². The normalized spacial score (nSPS) is 16.9. The van der Waals surface area contributed by atoms with E-state index in [1.54, 1.807) is 42.4 Å². The molecule has 0 spiro atoms. The number of rotatable bonds is 5. The van der Waals surface area contributed by atoms with E-state index in [9.17, 15) is 13.2 Å². The van der Waals surface area contributed by atoms with Gasteiger partial charge in [-0.1, -0.05) is 11.6 Å². The second kappa shape index (κ2) is 9.40. The molecule has 0 saturated carbocycles. The summed E-state index contributed by atoms with van der Waals surface area (Å²) in [5, 5.41) is 0.538. The quantitative estimate of drug-likeness (QED) is 0.614. The third-order valence-corrected chi connectivity index (χ3v) is 7.43. The largest absolute Gasteiger partial charge is 0.496 e. The summed E-state index contributed by atoms with van der Waals surface area (Å²) in [6, 6.07) is 9.76. The van der Waals surface area contributed by atoms with Gasteiger partial charge in [0.15, 0.2) is 11.5 Å². The van der Waals surface area contributed by atoms with Gasteiger partial charge in [-0.15, -0.1) is 0 Å². The number of benzene rings is 2. The minimum atomic E-state index is -3.70. The van der Waals surface area contributed by atoms with Gasteiger partial charge in [-0.25, -0.2) is 8.42 Å². The second-order valence-corrected chi connectivity index (χ2v) is 9.63. The van der Waals surface area contributed by atoms with Gasteiger partial charge >= 0.3 is 0 Å². The van der Waals surface area contributed by atoms with Crippen LogP contribution >= 0.6 is 11.6 Å². The molecule has 0 aromatic heterocycles. The number of amides is 1. The van der Waals surface area contributed by atoms with Crippen LogP contribution in [0.25, 0.3) is 6.08 Å². The van der Waals surface area contributed by atoms with Crippen molar-refractivity contribution in [3.8, 4) is 17.2 Å². The first kappa shape index (κ1) is 22.4. The topological polar surface area (TPSA) is 85.4 Å². The molecule has 1 fully saturated rings. The molecule has 0 N–H and O–H groups in total. The Kier molecular flexibility index (Phi) is 6.59. The van der Waals surface area contributed by atoms with Gasteiger partial charge in [0.25, 0.3) is 0 Å². The first-order chi connectivity index (χ1) is 15.4. The van der Waals surface area contributed by atoms with Crippen LogP contribution in [0.15, 0.2) is 47.4 Å². The van der Waals surface area contributed by atoms with Crippen molar-refractivity contribution in [1.29, 1.82) is 0 Å². The van der Waals surface area contributed by atoms with E-state index in [0.717, 1.165) is 0 Å². The summed E-state index contributed by atoms with van der Waals surface area (Å²) in [6.07, 6.45) is 3.09. The summed E-state index contributed by atoms with van der Waals surface area (Å²) < 4.78 is 43.7. The molecule has 0 bridgehead atoms. The predicted molar refractivity (Wildman–Crippen MR) is 120 cm³/mol. The fourth-order valence-corrected chi connectivity index (χ4v) is 5.20. The number of halogens is 1. The molecule has 2 aromatic rings. The Hall–Kier alpha value is -2.75. The van der Waals surface area contributed by atoms with Crippen molar-refractivity contribution in [2.75, 3.05) is 46.5 Å². The minimum Gasteiger partial charge on any atom is -0.496 e. The third kappa shape index (κ3) is 4.69. The van der Waals surface area contributed by atoms with Crippen LogP contribution in [0.3, 0.4) is 0 Å². The summed E-state index contributed by atoms with van der Waals surface area (Å²) >= 11 is 6.02. The molecule has 1 amide bonds. The zero-order chi connectivity index (χ0) is 22.7. The maximum absolute atomic E-state index is 13.0. The molecular formula is C22H23ClN2O6S. The van der Waals surface area contributed by atoms with Crippen LogP contribution in [0, 0.1) is 0 Å². The number of carbonyl (C=O) groups is 1. The lowest BCUT2D eigenvalue weighted by atomic mass is 10.2. The lowest BCUT2D eigenvalue weighted by Crippen LogP contribution is -2.50. The second-order valence-electron chi connectivity index (χ2n) is 7.25. The van der Waals surface area contributed by atoms with Crippen molar-refractivity contribution in [3.05, 3.63) is 53.1 Å². The molecule has 2 heterocycles. The highest BCUT2D eigenvalue weighted by Crippen LogP contribution is 2.33. The fraction of sp³-hybridized carbons (Fsp3) is 0.318. The van der Waals surface area contributed by atoms with Crippen LogP contribution < -0.4 is 14.2 Å². The minimum absolute atomic E-state index is 0.148. The van der Waals surface area contributed by atoms with E-state index < -0.39 is 10.0 Å². The van der Waals surface area contributed by atoms with E-state index in [-0.39, 0.29) is 23.9 Å². The Morgan fingerprint density at radius 1 is 1.03 bits per heavy atom. The van der Waals surface area contributed by atoms with Gasteiger partial charge in [0.05, 0.1) is 12.0 Å². The van der Waals surface area contributed by atoms with Crippen LogP contribution in [-0.2, 0) is 14.8 Å². The van der Waals surface area contributed by atoms with E-state index in [4.69, 9.17) is 25.8 Å². The maximum Gasteiger partial charge on any atom is 0.246 e. The summed E-state index contributed by atoms with van der Waals surface area (Å²) in [5.41, 5.74) is 0.688. The van der Waals surface area contributed by atoms with E-state index in [1.165, 1.54) is 22.5 Å². The first-order valence-electron chi connectivity index (χ1n) is 10.1. The lowest BCUT2D eigenvalue weighted by molar-refractivity contribution is -0.127. The monoisotopic (exact) mass is 478 g/mol. The molecule has 32 heavy (non-hydrogen) atoms. The third-order valence-electron chi connectivity index (χ3n) is 5.30. The van der Waals surface area contributed by atoms with Crippen LogP contribution in [0.1, 0.15) is 5.56 Å². The van der Waals surface area contributed by atoms with Crippen molar-refractivity contribution in [2.24, 2.45) is 0 Å². The van der Waals surface area contributed by atoms with Gasteiger partial charge in [0.2, 0.25) is 15.9 Å². The Morgan fingerprint density at radius 2 is 1.75 bits per heavy atom. The Balaban J connectivity index is 1.40. The number of hydrogen-bond donors (Lipinski definition) is 0. The Morgan fingerprint density at radius 3 is 2.47 bits per heavy atom. The molecule has 4 rings (SSSR count). The lowest BCUT2D eigenvalue weighted by Gasteiger charge is -2.33. The van der Waals surface area contributed by atoms with Gasteiger partial charge in [-0.3, -0.25) is 4.79 Å². The van der Waals surface area contributed by atoms with Crippen molar-refractivity contribution >= 4 is 33.6 Å². The van der Waals surface area contributed by atoms with Crippen LogP contribution in [-0.4, -0.2) is 70.0 Å². The molecule has 1 saturated heterocycles. The average Bonchev–Trinajstić information content (AvgIpc) is 2.82. The Bertz CT molecular complexity index is 1140. The molecule has 2 aliphatic rings. The van der Waals surface area contributed by atoms with E-state index in [0.29, 0.717) is 54.1 Å². The molecule has 0 aliphatic carbocycles. The molecule has 8 nitrogen and oxygen atoms in total. The summed E-state index contributed by atoms with van der Waals surface area (Å²) in [4.78, 5) is 14.4. The van der Waals surface area contributed by atoms with Crippen LogP contribution in [0.2, 0.25) is 5.02 Å². The number of carbonyl (C=O) groups excluding carboxylic acids is 1. The zero-order valence-corrected chi connectivity index (χ0v) is 19.1. The SMILES string of the molecule is COc1ccc(Cl)cc1C=CC(=O)N1CCN(S(=O)(=O)c2ccc3c(c2)OCCO3)CC1. The van der Waals surface area contributed by atoms with Crippen molar-refractivity contribution in [3.63, 3.8) is 0 Å². The highest BCUT2D eigenvalue weighted by atomic mass is 35.5. The predicted octanol–water partition coefficient (Wildman–Crippen LogP) is 2.67. The summed E-state index contributed by atoms with van der Waals surface area (Å²) in [6.45, 7) is 1.81. The number of ether oxygens (including phenoxy) is 3. The van der Waals surface area contributed by atoms with Crippen molar-refractivity contribution in [1.82, 2.24) is 9.21 Å². The number of piperazine rings is 1. The van der Waals surface area contributed by atoms with E-state index >= 15 is 0 Å². The van der Waals surface area contributed by atoms with Gasteiger partial charge in [-0.2, -0.15) is 4.31 Å². The highest BCUT2D eigenvalue weighted by molar-refractivity contribution is 7.89. The zero-order valence-electron chi connectivity index (χ0n) is 17.5. The molecule has 0 radical (unpaired) electrons. The Labute approximate surface area is 192 Å². The number of methoxy groups -OCH3 is 1. The molecule has 0 atom stereocenters. The first-order valence-corrected chi connectivity index (χ1v) is 11.9.